The smallest absolute Gasteiger partial charge is 0.263 e. The molecule has 0 atom stereocenters. The Morgan fingerprint density at radius 2 is 1.96 bits per heavy atom. The number of carbonyl (C=O) groups is 1. The van der Waals surface area contributed by atoms with Crippen LogP contribution in [0.5, 0.6) is 5.75 Å². The van der Waals surface area contributed by atoms with Crippen LogP contribution >= 0.6 is 23.2 Å². The third-order valence-corrected chi connectivity index (χ3v) is 4.26. The fourth-order valence-electron chi connectivity index (χ4n) is 2.60. The molecule has 6 nitrogen and oxygen atoms in total. The average Bonchev–Trinajstić information content (AvgIpc) is 2.94. The first-order valence-electron chi connectivity index (χ1n) is 8.21. The normalized spacial score (nSPS) is 10.7. The van der Waals surface area contributed by atoms with Gasteiger partial charge in [0, 0.05) is 12.3 Å². The molecule has 27 heavy (non-hydrogen) atoms. The number of benzene rings is 1. The highest BCUT2D eigenvalue weighted by Crippen LogP contribution is 2.25. The molecule has 8 heteroatoms. The van der Waals surface area contributed by atoms with E-state index in [0.717, 1.165) is 11.1 Å². The number of hydrogen-bond acceptors (Lipinski definition) is 4. The number of halogens is 2. The van der Waals surface area contributed by atoms with Crippen molar-refractivity contribution in [2.24, 2.45) is 0 Å². The summed E-state index contributed by atoms with van der Waals surface area (Å²) in [4.78, 5) is 16.5. The first-order valence-corrected chi connectivity index (χ1v) is 8.97. The van der Waals surface area contributed by atoms with E-state index in [9.17, 15) is 4.79 Å². The Morgan fingerprint density at radius 3 is 2.67 bits per heavy atom. The van der Waals surface area contributed by atoms with Crippen LogP contribution in [-0.2, 0) is 4.79 Å². The van der Waals surface area contributed by atoms with E-state index in [4.69, 9.17) is 27.9 Å². The highest BCUT2D eigenvalue weighted by molar-refractivity contribution is 6.35. The van der Waals surface area contributed by atoms with Gasteiger partial charge in [-0.1, -0.05) is 40.9 Å². The number of nitrogens with zero attached hydrogens (tertiary/aromatic N) is 3. The molecule has 2 heterocycles. The largest absolute Gasteiger partial charge is 0.483 e. The molecule has 1 amide bonds. The van der Waals surface area contributed by atoms with E-state index in [1.807, 2.05) is 39.0 Å². The van der Waals surface area contributed by atoms with Crippen molar-refractivity contribution in [3.05, 3.63) is 63.4 Å². The van der Waals surface area contributed by atoms with E-state index in [-0.39, 0.29) is 12.5 Å². The Bertz CT molecular complexity index is 1000. The van der Waals surface area contributed by atoms with Crippen molar-refractivity contribution in [2.45, 2.75) is 20.8 Å². The van der Waals surface area contributed by atoms with Gasteiger partial charge in [-0.3, -0.25) is 4.79 Å². The number of anilines is 1. The van der Waals surface area contributed by atoms with Crippen LogP contribution in [0.15, 0.2) is 36.5 Å². The van der Waals surface area contributed by atoms with Gasteiger partial charge in [0.05, 0.1) is 15.7 Å². The second-order valence-corrected chi connectivity index (χ2v) is 6.99. The average molecular weight is 405 g/mol. The lowest BCUT2D eigenvalue weighted by Gasteiger charge is -2.11. The summed E-state index contributed by atoms with van der Waals surface area (Å²) in [6.45, 7) is 5.62. The van der Waals surface area contributed by atoms with Crippen LogP contribution in [0.25, 0.3) is 5.82 Å². The maximum Gasteiger partial charge on any atom is 0.263 e. The molecule has 140 valence electrons. The fourth-order valence-corrected chi connectivity index (χ4v) is 3.06. The molecule has 0 unspecified atom stereocenters. The lowest BCUT2D eigenvalue weighted by atomic mass is 10.1. The third kappa shape index (κ3) is 4.59. The van der Waals surface area contributed by atoms with Crippen LogP contribution in [-0.4, -0.2) is 27.3 Å². The van der Waals surface area contributed by atoms with E-state index < -0.39 is 0 Å². The number of ether oxygens (including phenoxy) is 1. The molecule has 0 saturated heterocycles. The Hall–Kier alpha value is -2.57. The van der Waals surface area contributed by atoms with Crippen LogP contribution in [0.2, 0.25) is 10.0 Å². The SMILES string of the molecule is Cc1ccc(OCC(=O)Nc2cc(C)nn2-c2ncc(Cl)cc2Cl)c(C)c1. The van der Waals surface area contributed by atoms with E-state index in [1.165, 1.54) is 10.9 Å². The molecule has 3 rings (SSSR count). The predicted octanol–water partition coefficient (Wildman–Crippen LogP) is 4.52. The molecule has 0 aliphatic rings. The van der Waals surface area contributed by atoms with Crippen LogP contribution in [0.4, 0.5) is 5.82 Å². The van der Waals surface area contributed by atoms with Crippen molar-refractivity contribution in [1.82, 2.24) is 14.8 Å². The molecule has 1 aromatic carbocycles. The van der Waals surface area contributed by atoms with Crippen LogP contribution in [0.3, 0.4) is 0 Å². The zero-order valence-electron chi connectivity index (χ0n) is 15.1. The topological polar surface area (TPSA) is 69.0 Å². The quantitative estimate of drug-likeness (QED) is 0.678. The number of aryl methyl sites for hydroxylation is 3. The molecule has 0 aliphatic heterocycles. The van der Waals surface area contributed by atoms with Crippen LogP contribution in [0, 0.1) is 20.8 Å². The molecule has 0 spiro atoms. The van der Waals surface area contributed by atoms with E-state index >= 15 is 0 Å². The van der Waals surface area contributed by atoms with Gasteiger partial charge in [-0.05, 0) is 38.5 Å². The number of hydrogen-bond donors (Lipinski definition) is 1. The summed E-state index contributed by atoms with van der Waals surface area (Å²) in [7, 11) is 0. The van der Waals surface area contributed by atoms with Crippen molar-refractivity contribution < 1.29 is 9.53 Å². The van der Waals surface area contributed by atoms with Gasteiger partial charge in [-0.15, -0.1) is 0 Å². The Morgan fingerprint density at radius 1 is 1.19 bits per heavy atom. The lowest BCUT2D eigenvalue weighted by Crippen LogP contribution is -2.22. The maximum absolute atomic E-state index is 12.3. The summed E-state index contributed by atoms with van der Waals surface area (Å²) >= 11 is 12.1. The summed E-state index contributed by atoms with van der Waals surface area (Å²) in [6.07, 6.45) is 1.47. The van der Waals surface area contributed by atoms with E-state index in [0.29, 0.717) is 33.1 Å². The van der Waals surface area contributed by atoms with Gasteiger partial charge in [0.1, 0.15) is 11.6 Å². The first kappa shape index (κ1) is 19.2. The number of amides is 1. The molecular formula is C19H18Cl2N4O2. The molecule has 0 saturated carbocycles. The molecular weight excluding hydrogens is 387 g/mol. The Labute approximate surface area is 167 Å². The number of pyridine rings is 1. The summed E-state index contributed by atoms with van der Waals surface area (Å²) in [5.41, 5.74) is 2.81. The lowest BCUT2D eigenvalue weighted by molar-refractivity contribution is -0.118. The minimum Gasteiger partial charge on any atom is -0.483 e. The summed E-state index contributed by atoms with van der Waals surface area (Å²) in [5, 5.41) is 7.86. The van der Waals surface area contributed by atoms with E-state index in [1.54, 1.807) is 12.1 Å². The van der Waals surface area contributed by atoms with Crippen LogP contribution < -0.4 is 10.1 Å². The predicted molar refractivity (Wildman–Crippen MR) is 106 cm³/mol. The van der Waals surface area contributed by atoms with Crippen molar-refractivity contribution in [3.8, 4) is 11.6 Å². The fraction of sp³-hybridized carbons (Fsp3) is 0.211. The molecule has 0 bridgehead atoms. The number of carbonyl (C=O) groups excluding carboxylic acids is 1. The summed E-state index contributed by atoms with van der Waals surface area (Å²) in [5.74, 6) is 1.17. The highest BCUT2D eigenvalue weighted by Gasteiger charge is 2.15. The van der Waals surface area contributed by atoms with Crippen molar-refractivity contribution in [1.29, 1.82) is 0 Å². The molecule has 0 aliphatic carbocycles. The minimum absolute atomic E-state index is 0.129. The zero-order valence-corrected chi connectivity index (χ0v) is 16.6. The standard InChI is InChI=1S/C19H18Cl2N4O2/c1-11-4-5-16(12(2)6-11)27-10-18(26)23-17-7-13(3)24-25(17)19-15(21)8-14(20)9-22-19/h4-9H,10H2,1-3H3,(H,23,26). The molecule has 3 aromatic rings. The van der Waals surface area contributed by atoms with Crippen LogP contribution in [0.1, 0.15) is 16.8 Å². The van der Waals surface area contributed by atoms with Crippen molar-refractivity contribution in [2.75, 3.05) is 11.9 Å². The zero-order chi connectivity index (χ0) is 19.6. The van der Waals surface area contributed by atoms with Gasteiger partial charge in [0.25, 0.3) is 5.91 Å². The van der Waals surface area contributed by atoms with Gasteiger partial charge in [-0.25, -0.2) is 4.98 Å². The van der Waals surface area contributed by atoms with Crippen molar-refractivity contribution >= 4 is 34.9 Å². The van der Waals surface area contributed by atoms with Gasteiger partial charge in [0.15, 0.2) is 12.4 Å². The number of rotatable bonds is 5. The third-order valence-electron chi connectivity index (χ3n) is 3.78. The summed E-state index contributed by atoms with van der Waals surface area (Å²) in [6, 6.07) is 9.08. The Kier molecular flexibility index (Phi) is 5.68. The van der Waals surface area contributed by atoms with Gasteiger partial charge < -0.3 is 10.1 Å². The molecule has 1 N–H and O–H groups in total. The maximum atomic E-state index is 12.3. The highest BCUT2D eigenvalue weighted by atomic mass is 35.5. The van der Waals surface area contributed by atoms with E-state index in [2.05, 4.69) is 15.4 Å². The molecule has 0 fully saturated rings. The first-order chi connectivity index (χ1) is 12.8. The Balaban J connectivity index is 1.75. The second-order valence-electron chi connectivity index (χ2n) is 6.15. The monoisotopic (exact) mass is 404 g/mol. The van der Waals surface area contributed by atoms with Gasteiger partial charge in [0.2, 0.25) is 0 Å². The number of aromatic nitrogens is 3. The molecule has 2 aromatic heterocycles. The summed E-state index contributed by atoms with van der Waals surface area (Å²) < 4.78 is 7.08. The number of nitrogens with one attached hydrogen (secondary N) is 1. The van der Waals surface area contributed by atoms with Gasteiger partial charge >= 0.3 is 0 Å². The second kappa shape index (κ2) is 7.98. The minimum atomic E-state index is -0.318. The van der Waals surface area contributed by atoms with Crippen molar-refractivity contribution in [3.63, 3.8) is 0 Å². The van der Waals surface area contributed by atoms with Gasteiger partial charge in [-0.2, -0.15) is 9.78 Å². The molecule has 0 radical (unpaired) electrons.